The molecule has 0 radical (unpaired) electrons. The third-order valence-corrected chi connectivity index (χ3v) is 6.60. The van der Waals surface area contributed by atoms with Crippen molar-refractivity contribution >= 4 is 16.0 Å². The van der Waals surface area contributed by atoms with Crippen molar-refractivity contribution in [3.8, 4) is 0 Å². The molecule has 0 aromatic rings. The van der Waals surface area contributed by atoms with Gasteiger partial charge >= 0.3 is 0 Å². The molecule has 8 heteroatoms. The molecule has 26 heavy (non-hydrogen) atoms. The van der Waals surface area contributed by atoms with Crippen LogP contribution in [0.3, 0.4) is 0 Å². The Labute approximate surface area is 158 Å². The first kappa shape index (κ1) is 21.4. The second-order valence-electron chi connectivity index (χ2n) is 7.37. The highest BCUT2D eigenvalue weighted by molar-refractivity contribution is 7.89. The van der Waals surface area contributed by atoms with Crippen LogP contribution in [-0.4, -0.2) is 59.5 Å². The Morgan fingerprint density at radius 2 is 1.81 bits per heavy atom. The van der Waals surface area contributed by atoms with E-state index in [0.29, 0.717) is 19.0 Å². The molecule has 0 spiro atoms. The van der Waals surface area contributed by atoms with E-state index in [4.69, 9.17) is 4.74 Å². The second kappa shape index (κ2) is 11.8. The minimum Gasteiger partial charge on any atom is -0.377 e. The quantitative estimate of drug-likeness (QED) is 0.300. The van der Waals surface area contributed by atoms with Crippen LogP contribution in [0.5, 0.6) is 0 Å². The van der Waals surface area contributed by atoms with E-state index in [2.05, 4.69) is 20.3 Å². The second-order valence-corrected chi connectivity index (χ2v) is 9.30. The molecule has 1 atom stereocenters. The van der Waals surface area contributed by atoms with Crippen LogP contribution in [0.1, 0.15) is 57.8 Å². The van der Waals surface area contributed by atoms with E-state index in [-0.39, 0.29) is 11.9 Å². The first-order valence-electron chi connectivity index (χ1n) is 10.1. The Morgan fingerprint density at radius 3 is 2.50 bits per heavy atom. The molecule has 7 nitrogen and oxygen atoms in total. The van der Waals surface area contributed by atoms with Gasteiger partial charge in [-0.05, 0) is 38.0 Å². The Kier molecular flexibility index (Phi) is 9.71. The molecule has 1 saturated heterocycles. The number of nitrogens with zero attached hydrogens (tertiary/aromatic N) is 1. The van der Waals surface area contributed by atoms with Crippen LogP contribution < -0.4 is 15.4 Å². The highest BCUT2D eigenvalue weighted by Crippen LogP contribution is 2.28. The Bertz CT molecular complexity index is 513. The van der Waals surface area contributed by atoms with Gasteiger partial charge < -0.3 is 15.4 Å². The summed E-state index contributed by atoms with van der Waals surface area (Å²) in [4.78, 5) is 4.16. The van der Waals surface area contributed by atoms with Crippen LogP contribution in [0.4, 0.5) is 0 Å². The summed E-state index contributed by atoms with van der Waals surface area (Å²) < 4.78 is 32.4. The van der Waals surface area contributed by atoms with Crippen LogP contribution in [0.2, 0.25) is 0 Å². The Hall–Kier alpha value is -0.860. The van der Waals surface area contributed by atoms with Crippen molar-refractivity contribution in [1.82, 2.24) is 15.4 Å². The van der Waals surface area contributed by atoms with Crippen molar-refractivity contribution < 1.29 is 13.2 Å². The maximum atomic E-state index is 12.1. The molecule has 1 heterocycles. The summed E-state index contributed by atoms with van der Waals surface area (Å²) in [6.07, 6.45) is 11.1. The summed E-state index contributed by atoms with van der Waals surface area (Å²) in [7, 11) is -1.59. The van der Waals surface area contributed by atoms with Crippen LogP contribution in [0.15, 0.2) is 4.99 Å². The summed E-state index contributed by atoms with van der Waals surface area (Å²) in [5.41, 5.74) is 0. The van der Waals surface area contributed by atoms with Crippen molar-refractivity contribution in [1.29, 1.82) is 0 Å². The molecule has 1 unspecified atom stereocenters. The average Bonchev–Trinajstić information content (AvgIpc) is 3.16. The first-order valence-corrected chi connectivity index (χ1v) is 11.8. The highest BCUT2D eigenvalue weighted by Gasteiger charge is 2.18. The summed E-state index contributed by atoms with van der Waals surface area (Å²) in [6, 6.07) is 0. The van der Waals surface area contributed by atoms with Gasteiger partial charge in [-0.15, -0.1) is 0 Å². The molecule has 2 fully saturated rings. The fraction of sp³-hybridized carbons (Fsp3) is 0.944. The lowest BCUT2D eigenvalue weighted by Crippen LogP contribution is -2.42. The predicted octanol–water partition coefficient (Wildman–Crippen LogP) is 1.61. The lowest BCUT2D eigenvalue weighted by atomic mass is 10.0. The van der Waals surface area contributed by atoms with Crippen molar-refractivity contribution in [3.05, 3.63) is 0 Å². The van der Waals surface area contributed by atoms with Crippen LogP contribution in [-0.2, 0) is 14.8 Å². The molecule has 152 valence electrons. The van der Waals surface area contributed by atoms with Crippen molar-refractivity contribution in [2.75, 3.05) is 39.0 Å². The molecule has 1 aliphatic carbocycles. The first-order chi connectivity index (χ1) is 12.6. The predicted molar refractivity (Wildman–Crippen MR) is 106 cm³/mol. The maximum absolute atomic E-state index is 12.1. The minimum absolute atomic E-state index is 0.0146. The molecule has 0 aromatic carbocycles. The van der Waals surface area contributed by atoms with Gasteiger partial charge in [-0.2, -0.15) is 0 Å². The van der Waals surface area contributed by atoms with E-state index in [1.54, 1.807) is 7.05 Å². The lowest BCUT2D eigenvalue weighted by molar-refractivity contribution is 0.0200. The SMILES string of the molecule is CN=C(NCCCC1CCCC1)NCCS(=O)(=O)NCC1CCCCO1. The number of sulfonamides is 1. The summed E-state index contributed by atoms with van der Waals surface area (Å²) in [5.74, 6) is 1.60. The van der Waals surface area contributed by atoms with E-state index in [9.17, 15) is 8.42 Å². The monoisotopic (exact) mass is 388 g/mol. The zero-order valence-corrected chi connectivity index (χ0v) is 17.0. The molecule has 3 N–H and O–H groups in total. The minimum atomic E-state index is -3.30. The fourth-order valence-electron chi connectivity index (χ4n) is 3.68. The van der Waals surface area contributed by atoms with E-state index < -0.39 is 10.0 Å². The zero-order valence-electron chi connectivity index (χ0n) is 16.1. The maximum Gasteiger partial charge on any atom is 0.213 e. The lowest BCUT2D eigenvalue weighted by Gasteiger charge is -2.22. The van der Waals surface area contributed by atoms with Gasteiger partial charge in [0.2, 0.25) is 10.0 Å². The molecular weight excluding hydrogens is 352 g/mol. The highest BCUT2D eigenvalue weighted by atomic mass is 32.2. The van der Waals surface area contributed by atoms with Gasteiger partial charge in [-0.3, -0.25) is 4.99 Å². The fourth-order valence-corrected chi connectivity index (χ4v) is 4.64. The molecule has 0 amide bonds. The van der Waals surface area contributed by atoms with Gasteiger partial charge in [0.1, 0.15) is 0 Å². The van der Waals surface area contributed by atoms with Crippen molar-refractivity contribution in [2.24, 2.45) is 10.9 Å². The number of hydrogen-bond acceptors (Lipinski definition) is 4. The Balaban J connectivity index is 1.55. The molecular formula is C18H36N4O3S. The van der Waals surface area contributed by atoms with Crippen LogP contribution in [0.25, 0.3) is 0 Å². The topological polar surface area (TPSA) is 91.8 Å². The van der Waals surface area contributed by atoms with Crippen LogP contribution >= 0.6 is 0 Å². The molecule has 2 rings (SSSR count). The van der Waals surface area contributed by atoms with Gasteiger partial charge in [0.15, 0.2) is 5.96 Å². The van der Waals surface area contributed by atoms with E-state index >= 15 is 0 Å². The number of nitrogens with one attached hydrogen (secondary N) is 3. The van der Waals surface area contributed by atoms with Gasteiger partial charge in [-0.25, -0.2) is 13.1 Å². The number of ether oxygens (including phenoxy) is 1. The largest absolute Gasteiger partial charge is 0.377 e. The van der Waals surface area contributed by atoms with Crippen molar-refractivity contribution in [3.63, 3.8) is 0 Å². The third kappa shape index (κ3) is 8.68. The van der Waals surface area contributed by atoms with Crippen LogP contribution in [0, 0.1) is 5.92 Å². The zero-order chi connectivity index (χ0) is 18.7. The number of guanidine groups is 1. The number of aliphatic imine (C=N–C) groups is 1. The third-order valence-electron chi connectivity index (χ3n) is 5.25. The molecule has 1 aliphatic heterocycles. The smallest absolute Gasteiger partial charge is 0.213 e. The molecule has 2 aliphatic rings. The van der Waals surface area contributed by atoms with Gasteiger partial charge in [-0.1, -0.05) is 25.7 Å². The number of hydrogen-bond donors (Lipinski definition) is 3. The average molecular weight is 389 g/mol. The molecule has 0 bridgehead atoms. The van der Waals surface area contributed by atoms with Gasteiger partial charge in [0.25, 0.3) is 0 Å². The normalized spacial score (nSPS) is 22.5. The van der Waals surface area contributed by atoms with E-state index in [1.807, 2.05) is 0 Å². The molecule has 1 saturated carbocycles. The number of rotatable bonds is 10. The summed E-state index contributed by atoms with van der Waals surface area (Å²) >= 11 is 0. The summed E-state index contributed by atoms with van der Waals surface area (Å²) in [6.45, 7) is 2.32. The van der Waals surface area contributed by atoms with E-state index in [1.165, 1.54) is 32.1 Å². The van der Waals surface area contributed by atoms with Gasteiger partial charge in [0, 0.05) is 33.3 Å². The standard InChI is InChI=1S/C18H36N4O3S/c1-19-18(20-11-6-9-16-7-2-3-8-16)21-12-14-26(23,24)22-15-17-10-4-5-13-25-17/h16-17,22H,2-15H2,1H3,(H2,19,20,21). The summed E-state index contributed by atoms with van der Waals surface area (Å²) in [5, 5.41) is 6.35. The molecule has 0 aromatic heterocycles. The Morgan fingerprint density at radius 1 is 1.08 bits per heavy atom. The van der Waals surface area contributed by atoms with Gasteiger partial charge in [0.05, 0.1) is 11.9 Å². The van der Waals surface area contributed by atoms with Crippen molar-refractivity contribution in [2.45, 2.75) is 63.9 Å². The van der Waals surface area contributed by atoms with E-state index in [0.717, 1.165) is 44.8 Å².